The molecule has 1 aliphatic carbocycles. The number of carbonyl (C=O) groups excluding carboxylic acids is 1. The SMILES string of the molecule is COC(=O)N1C2C=CC1c1cc3c(cc12)CCC3. The summed E-state index contributed by atoms with van der Waals surface area (Å²) in [6.07, 6.45) is 7.63. The molecule has 2 aliphatic heterocycles. The molecule has 1 aromatic carbocycles. The van der Waals surface area contributed by atoms with Crippen molar-refractivity contribution in [3.05, 3.63) is 46.5 Å². The van der Waals surface area contributed by atoms with E-state index in [0.717, 1.165) is 0 Å². The van der Waals surface area contributed by atoms with Crippen molar-refractivity contribution in [2.75, 3.05) is 7.11 Å². The molecule has 2 heterocycles. The number of benzene rings is 1. The maximum absolute atomic E-state index is 11.9. The number of fused-ring (bicyclic) bond motifs is 6. The van der Waals surface area contributed by atoms with Gasteiger partial charge in [-0.25, -0.2) is 4.79 Å². The maximum Gasteiger partial charge on any atom is 0.411 e. The Morgan fingerprint density at radius 3 is 2.22 bits per heavy atom. The second-order valence-corrected chi connectivity index (χ2v) is 5.26. The average Bonchev–Trinajstić information content (AvgIpc) is 3.07. The van der Waals surface area contributed by atoms with Gasteiger partial charge < -0.3 is 4.74 Å². The first kappa shape index (κ1) is 10.2. The third-order valence-corrected chi connectivity index (χ3v) is 4.40. The summed E-state index contributed by atoms with van der Waals surface area (Å²) in [7, 11) is 1.45. The van der Waals surface area contributed by atoms with E-state index >= 15 is 0 Å². The lowest BCUT2D eigenvalue weighted by Gasteiger charge is -2.20. The largest absolute Gasteiger partial charge is 0.453 e. The highest BCUT2D eigenvalue weighted by Crippen LogP contribution is 2.50. The molecule has 2 unspecified atom stereocenters. The van der Waals surface area contributed by atoms with E-state index in [-0.39, 0.29) is 18.2 Å². The predicted molar refractivity (Wildman–Crippen MR) is 67.3 cm³/mol. The van der Waals surface area contributed by atoms with Crippen molar-refractivity contribution >= 4 is 6.09 Å². The first-order chi connectivity index (χ1) is 8.79. The van der Waals surface area contributed by atoms with Crippen LogP contribution in [0.1, 0.15) is 40.8 Å². The monoisotopic (exact) mass is 241 g/mol. The molecular weight excluding hydrogens is 226 g/mol. The van der Waals surface area contributed by atoms with E-state index in [1.165, 1.54) is 48.6 Å². The Kier molecular flexibility index (Phi) is 1.91. The minimum atomic E-state index is -0.230. The van der Waals surface area contributed by atoms with Crippen LogP contribution in [0.5, 0.6) is 0 Å². The fourth-order valence-electron chi connectivity index (χ4n) is 3.58. The van der Waals surface area contributed by atoms with Crippen LogP contribution >= 0.6 is 0 Å². The fraction of sp³-hybridized carbons (Fsp3) is 0.400. The quantitative estimate of drug-likeness (QED) is 0.654. The van der Waals surface area contributed by atoms with Crippen LogP contribution < -0.4 is 0 Å². The summed E-state index contributed by atoms with van der Waals surface area (Å²) in [5, 5.41) is 0. The lowest BCUT2D eigenvalue weighted by Crippen LogP contribution is -2.28. The molecule has 3 nitrogen and oxygen atoms in total. The van der Waals surface area contributed by atoms with Gasteiger partial charge in [0.2, 0.25) is 0 Å². The molecule has 1 amide bonds. The minimum absolute atomic E-state index is 0.0864. The number of nitrogens with zero attached hydrogens (tertiary/aromatic N) is 1. The Morgan fingerprint density at radius 2 is 1.72 bits per heavy atom. The van der Waals surface area contributed by atoms with Crippen LogP contribution in [-0.2, 0) is 17.6 Å². The Hall–Kier alpha value is -1.77. The maximum atomic E-state index is 11.9. The summed E-state index contributed by atoms with van der Waals surface area (Å²) in [6, 6.07) is 4.79. The highest BCUT2D eigenvalue weighted by atomic mass is 16.5. The van der Waals surface area contributed by atoms with Crippen molar-refractivity contribution in [1.29, 1.82) is 0 Å². The lowest BCUT2D eigenvalue weighted by molar-refractivity contribution is 0.114. The van der Waals surface area contributed by atoms with Crippen molar-refractivity contribution in [2.45, 2.75) is 31.3 Å². The fourth-order valence-corrected chi connectivity index (χ4v) is 3.58. The minimum Gasteiger partial charge on any atom is -0.453 e. The summed E-state index contributed by atoms with van der Waals surface area (Å²) in [6.45, 7) is 0. The number of carbonyl (C=O) groups is 1. The summed E-state index contributed by atoms with van der Waals surface area (Å²) < 4.78 is 4.89. The van der Waals surface area contributed by atoms with Crippen molar-refractivity contribution in [2.24, 2.45) is 0 Å². The summed E-state index contributed by atoms with van der Waals surface area (Å²) in [5.74, 6) is 0. The highest BCUT2D eigenvalue weighted by molar-refractivity contribution is 5.73. The van der Waals surface area contributed by atoms with Gasteiger partial charge in [-0.05, 0) is 41.5 Å². The van der Waals surface area contributed by atoms with Crippen LogP contribution in [0, 0.1) is 0 Å². The second kappa shape index (κ2) is 3.37. The molecule has 0 spiro atoms. The standard InChI is InChI=1S/C15H15NO2/c1-18-15(17)16-13-5-6-14(16)12-8-10-4-2-3-9(10)7-11(12)13/h5-8,13-14H,2-4H2,1H3. The first-order valence-corrected chi connectivity index (χ1v) is 6.50. The van der Waals surface area contributed by atoms with Gasteiger partial charge in [0.05, 0.1) is 19.2 Å². The smallest absolute Gasteiger partial charge is 0.411 e. The zero-order valence-electron chi connectivity index (χ0n) is 10.3. The zero-order chi connectivity index (χ0) is 12.3. The number of hydrogen-bond donors (Lipinski definition) is 0. The van der Waals surface area contributed by atoms with Crippen molar-refractivity contribution < 1.29 is 9.53 Å². The molecule has 3 aliphatic rings. The first-order valence-electron chi connectivity index (χ1n) is 6.50. The number of ether oxygens (including phenoxy) is 1. The van der Waals surface area contributed by atoms with Crippen LogP contribution in [0.4, 0.5) is 4.79 Å². The van der Waals surface area contributed by atoms with Crippen molar-refractivity contribution in [3.8, 4) is 0 Å². The molecule has 2 bridgehead atoms. The van der Waals surface area contributed by atoms with Gasteiger partial charge in [-0.1, -0.05) is 24.3 Å². The topological polar surface area (TPSA) is 29.5 Å². The molecule has 0 N–H and O–H groups in total. The Morgan fingerprint density at radius 1 is 1.17 bits per heavy atom. The van der Waals surface area contributed by atoms with Crippen LogP contribution in [-0.4, -0.2) is 18.1 Å². The second-order valence-electron chi connectivity index (χ2n) is 5.26. The molecular formula is C15H15NO2. The predicted octanol–water partition coefficient (Wildman–Crippen LogP) is 2.91. The van der Waals surface area contributed by atoms with Gasteiger partial charge >= 0.3 is 6.09 Å². The van der Waals surface area contributed by atoms with Gasteiger partial charge in [-0.3, -0.25) is 4.90 Å². The molecule has 3 heteroatoms. The van der Waals surface area contributed by atoms with Crippen LogP contribution in [0.3, 0.4) is 0 Å². The third-order valence-electron chi connectivity index (χ3n) is 4.40. The van der Waals surface area contributed by atoms with Crippen molar-refractivity contribution in [1.82, 2.24) is 4.90 Å². The van der Waals surface area contributed by atoms with Crippen LogP contribution in [0.2, 0.25) is 0 Å². The van der Waals surface area contributed by atoms with Gasteiger partial charge in [0.25, 0.3) is 0 Å². The van der Waals surface area contributed by atoms with Gasteiger partial charge in [0.1, 0.15) is 0 Å². The molecule has 0 saturated heterocycles. The average molecular weight is 241 g/mol. The van der Waals surface area contributed by atoms with Gasteiger partial charge in [0.15, 0.2) is 0 Å². The molecule has 1 aromatic rings. The zero-order valence-corrected chi connectivity index (χ0v) is 10.3. The van der Waals surface area contributed by atoms with E-state index in [1.807, 2.05) is 4.90 Å². The Balaban J connectivity index is 1.83. The summed E-state index contributed by atoms with van der Waals surface area (Å²) in [5.41, 5.74) is 5.54. The molecule has 18 heavy (non-hydrogen) atoms. The van der Waals surface area contributed by atoms with Gasteiger partial charge in [-0.15, -0.1) is 0 Å². The highest BCUT2D eigenvalue weighted by Gasteiger charge is 2.44. The van der Waals surface area contributed by atoms with E-state index in [4.69, 9.17) is 4.74 Å². The van der Waals surface area contributed by atoms with Crippen LogP contribution in [0.15, 0.2) is 24.3 Å². The summed E-state index contributed by atoms with van der Waals surface area (Å²) >= 11 is 0. The van der Waals surface area contributed by atoms with E-state index in [2.05, 4.69) is 24.3 Å². The number of hydrogen-bond acceptors (Lipinski definition) is 2. The molecule has 2 atom stereocenters. The number of methoxy groups -OCH3 is 1. The molecule has 0 aromatic heterocycles. The van der Waals surface area contributed by atoms with Gasteiger partial charge in [-0.2, -0.15) is 0 Å². The van der Waals surface area contributed by atoms with Gasteiger partial charge in [0, 0.05) is 0 Å². The normalized spacial score (nSPS) is 26.4. The van der Waals surface area contributed by atoms with E-state index in [1.54, 1.807) is 0 Å². The Bertz CT molecular complexity index is 535. The molecule has 0 radical (unpaired) electrons. The van der Waals surface area contributed by atoms with E-state index < -0.39 is 0 Å². The lowest BCUT2D eigenvalue weighted by atomic mass is 9.93. The molecule has 0 fully saturated rings. The van der Waals surface area contributed by atoms with E-state index in [0.29, 0.717) is 0 Å². The summed E-state index contributed by atoms with van der Waals surface area (Å²) in [4.78, 5) is 13.7. The van der Waals surface area contributed by atoms with Crippen molar-refractivity contribution in [3.63, 3.8) is 0 Å². The Labute approximate surface area is 106 Å². The number of amides is 1. The molecule has 92 valence electrons. The van der Waals surface area contributed by atoms with Crippen LogP contribution in [0.25, 0.3) is 0 Å². The third kappa shape index (κ3) is 1.12. The molecule has 4 rings (SSSR count). The van der Waals surface area contributed by atoms with E-state index in [9.17, 15) is 4.79 Å². The number of rotatable bonds is 0. The number of aryl methyl sites for hydroxylation is 2. The molecule has 0 saturated carbocycles.